The van der Waals surface area contributed by atoms with Crippen LogP contribution in [-0.4, -0.2) is 39.9 Å². The predicted molar refractivity (Wildman–Crippen MR) is 88.4 cm³/mol. The quantitative estimate of drug-likeness (QED) is 0.896. The van der Waals surface area contributed by atoms with Gasteiger partial charge in [0.25, 0.3) is 0 Å². The van der Waals surface area contributed by atoms with Crippen LogP contribution in [0.15, 0.2) is 36.7 Å². The van der Waals surface area contributed by atoms with Crippen molar-refractivity contribution in [3.8, 4) is 5.75 Å². The number of carbonyl (C=O) groups is 1. The lowest BCUT2D eigenvalue weighted by molar-refractivity contribution is -0.121. The molecule has 1 aliphatic heterocycles. The molecule has 6 heteroatoms. The van der Waals surface area contributed by atoms with E-state index < -0.39 is 0 Å². The van der Waals surface area contributed by atoms with Crippen LogP contribution in [0.3, 0.4) is 0 Å². The molecule has 1 aromatic heterocycles. The molecule has 1 aromatic carbocycles. The number of aryl methyl sites for hydroxylation is 1. The number of piperidine rings is 1. The summed E-state index contributed by atoms with van der Waals surface area (Å²) in [5, 5.41) is 16.8. The van der Waals surface area contributed by atoms with Crippen molar-refractivity contribution >= 4 is 11.6 Å². The van der Waals surface area contributed by atoms with Crippen molar-refractivity contribution < 1.29 is 9.90 Å². The van der Waals surface area contributed by atoms with Crippen molar-refractivity contribution in [2.75, 3.05) is 18.0 Å². The third kappa shape index (κ3) is 4.03. The van der Waals surface area contributed by atoms with Crippen LogP contribution in [0.1, 0.15) is 18.4 Å². The number of hydrogen-bond donors (Lipinski definition) is 2. The standard InChI is InChI=1S/C17H22N4O2/c1-20-12-15(10-18-20)21-7-3-5-14(11-21)19-17(23)9-13-4-2-6-16(22)8-13/h2,4,6,8,10,12,14,22H,3,5,7,9,11H2,1H3,(H,19,23)/t14-/m0/s1. The van der Waals surface area contributed by atoms with E-state index in [-0.39, 0.29) is 24.1 Å². The van der Waals surface area contributed by atoms with Crippen LogP contribution in [0.4, 0.5) is 5.69 Å². The number of anilines is 1. The second-order valence-corrected chi connectivity index (χ2v) is 6.07. The molecule has 1 aliphatic rings. The van der Waals surface area contributed by atoms with E-state index in [1.807, 2.05) is 25.5 Å². The number of rotatable bonds is 4. The molecular formula is C17H22N4O2. The maximum Gasteiger partial charge on any atom is 0.224 e. The normalized spacial score (nSPS) is 18.0. The molecule has 1 amide bonds. The Morgan fingerprint density at radius 3 is 3.09 bits per heavy atom. The summed E-state index contributed by atoms with van der Waals surface area (Å²) in [6, 6.07) is 6.98. The third-order valence-electron chi connectivity index (χ3n) is 4.12. The fourth-order valence-electron chi connectivity index (χ4n) is 3.03. The first-order valence-electron chi connectivity index (χ1n) is 7.91. The van der Waals surface area contributed by atoms with Gasteiger partial charge in [0, 0.05) is 32.4 Å². The van der Waals surface area contributed by atoms with Crippen LogP contribution in [0, 0.1) is 0 Å². The third-order valence-corrected chi connectivity index (χ3v) is 4.12. The average Bonchev–Trinajstić information content (AvgIpc) is 2.94. The summed E-state index contributed by atoms with van der Waals surface area (Å²) in [5.41, 5.74) is 1.92. The van der Waals surface area contributed by atoms with Gasteiger partial charge >= 0.3 is 0 Å². The lowest BCUT2D eigenvalue weighted by Gasteiger charge is -2.33. The number of phenols is 1. The van der Waals surface area contributed by atoms with E-state index in [1.165, 1.54) is 0 Å². The molecule has 0 unspecified atom stereocenters. The molecule has 2 heterocycles. The SMILES string of the molecule is Cn1cc(N2CCC[C@H](NC(=O)Cc3cccc(O)c3)C2)cn1. The van der Waals surface area contributed by atoms with Crippen molar-refractivity contribution in [1.29, 1.82) is 0 Å². The highest BCUT2D eigenvalue weighted by Gasteiger charge is 2.22. The van der Waals surface area contributed by atoms with Gasteiger partial charge in [-0.3, -0.25) is 9.48 Å². The zero-order valence-electron chi connectivity index (χ0n) is 13.3. The molecule has 2 aromatic rings. The van der Waals surface area contributed by atoms with Gasteiger partial charge in [0.1, 0.15) is 5.75 Å². The summed E-state index contributed by atoms with van der Waals surface area (Å²) in [6.07, 6.45) is 6.18. The Labute approximate surface area is 135 Å². The minimum atomic E-state index is -0.00589. The number of nitrogens with zero attached hydrogens (tertiary/aromatic N) is 3. The molecule has 1 saturated heterocycles. The van der Waals surface area contributed by atoms with Gasteiger partial charge in [0.2, 0.25) is 5.91 Å². The summed E-state index contributed by atoms with van der Waals surface area (Å²) in [7, 11) is 1.90. The second-order valence-electron chi connectivity index (χ2n) is 6.07. The lowest BCUT2D eigenvalue weighted by atomic mass is 10.0. The van der Waals surface area contributed by atoms with Gasteiger partial charge in [-0.15, -0.1) is 0 Å². The van der Waals surface area contributed by atoms with E-state index in [1.54, 1.807) is 22.9 Å². The molecule has 122 valence electrons. The minimum Gasteiger partial charge on any atom is -0.508 e. The largest absolute Gasteiger partial charge is 0.508 e. The lowest BCUT2D eigenvalue weighted by Crippen LogP contribution is -2.48. The first kappa shape index (κ1) is 15.4. The fourth-order valence-corrected chi connectivity index (χ4v) is 3.03. The van der Waals surface area contributed by atoms with Crippen molar-refractivity contribution in [3.63, 3.8) is 0 Å². The molecule has 0 aliphatic carbocycles. The van der Waals surface area contributed by atoms with Gasteiger partial charge in [-0.1, -0.05) is 12.1 Å². The maximum absolute atomic E-state index is 12.2. The summed E-state index contributed by atoms with van der Waals surface area (Å²) < 4.78 is 1.79. The van der Waals surface area contributed by atoms with Gasteiger partial charge in [0.05, 0.1) is 18.3 Å². The monoisotopic (exact) mass is 314 g/mol. The molecule has 1 atom stereocenters. The second kappa shape index (κ2) is 6.73. The molecule has 0 spiro atoms. The van der Waals surface area contributed by atoms with Crippen LogP contribution in [0.25, 0.3) is 0 Å². The topological polar surface area (TPSA) is 70.4 Å². The first-order chi connectivity index (χ1) is 11.1. The Kier molecular flexibility index (Phi) is 4.50. The molecule has 0 radical (unpaired) electrons. The molecule has 0 bridgehead atoms. The summed E-state index contributed by atoms with van der Waals surface area (Å²) >= 11 is 0. The Morgan fingerprint density at radius 1 is 1.48 bits per heavy atom. The molecule has 2 N–H and O–H groups in total. The number of carbonyl (C=O) groups excluding carboxylic acids is 1. The van der Waals surface area contributed by atoms with E-state index in [4.69, 9.17) is 0 Å². The molecule has 0 saturated carbocycles. The van der Waals surface area contributed by atoms with Gasteiger partial charge in [-0.05, 0) is 30.5 Å². The number of hydrogen-bond acceptors (Lipinski definition) is 4. The molecule has 1 fully saturated rings. The Hall–Kier alpha value is -2.50. The molecular weight excluding hydrogens is 292 g/mol. The van der Waals surface area contributed by atoms with Crippen LogP contribution >= 0.6 is 0 Å². The maximum atomic E-state index is 12.2. The van der Waals surface area contributed by atoms with Crippen molar-refractivity contribution in [2.45, 2.75) is 25.3 Å². The summed E-state index contributed by atoms with van der Waals surface area (Å²) in [5.74, 6) is 0.185. The first-order valence-corrected chi connectivity index (χ1v) is 7.91. The number of nitrogens with one attached hydrogen (secondary N) is 1. The zero-order chi connectivity index (χ0) is 16.2. The summed E-state index contributed by atoms with van der Waals surface area (Å²) in [4.78, 5) is 14.5. The van der Waals surface area contributed by atoms with E-state index in [2.05, 4.69) is 15.3 Å². The highest BCUT2D eigenvalue weighted by Crippen LogP contribution is 2.19. The van der Waals surface area contributed by atoms with Gasteiger partial charge in [-0.2, -0.15) is 5.10 Å². The van der Waals surface area contributed by atoms with Crippen molar-refractivity contribution in [3.05, 3.63) is 42.2 Å². The van der Waals surface area contributed by atoms with Crippen LogP contribution in [0.5, 0.6) is 5.75 Å². The van der Waals surface area contributed by atoms with Gasteiger partial charge in [0.15, 0.2) is 0 Å². The predicted octanol–water partition coefficient (Wildman–Crippen LogP) is 1.45. The zero-order valence-corrected chi connectivity index (χ0v) is 13.3. The van der Waals surface area contributed by atoms with Crippen LogP contribution in [-0.2, 0) is 18.3 Å². The van der Waals surface area contributed by atoms with Crippen LogP contribution < -0.4 is 10.2 Å². The number of aromatic hydroxyl groups is 1. The van der Waals surface area contributed by atoms with Crippen LogP contribution in [0.2, 0.25) is 0 Å². The average molecular weight is 314 g/mol. The number of benzene rings is 1. The summed E-state index contributed by atoms with van der Waals surface area (Å²) in [6.45, 7) is 1.79. The smallest absolute Gasteiger partial charge is 0.224 e. The highest BCUT2D eigenvalue weighted by molar-refractivity contribution is 5.79. The molecule has 23 heavy (non-hydrogen) atoms. The molecule has 6 nitrogen and oxygen atoms in total. The Balaban J connectivity index is 1.56. The Bertz CT molecular complexity index is 683. The van der Waals surface area contributed by atoms with E-state index in [9.17, 15) is 9.90 Å². The van der Waals surface area contributed by atoms with E-state index in [0.29, 0.717) is 0 Å². The number of phenolic OH excluding ortho intramolecular Hbond substituents is 1. The number of amides is 1. The van der Waals surface area contributed by atoms with Crippen molar-refractivity contribution in [2.24, 2.45) is 7.05 Å². The molecule has 3 rings (SSSR count). The fraction of sp³-hybridized carbons (Fsp3) is 0.412. The minimum absolute atomic E-state index is 0.00589. The van der Waals surface area contributed by atoms with E-state index >= 15 is 0 Å². The van der Waals surface area contributed by atoms with Gasteiger partial charge < -0.3 is 15.3 Å². The Morgan fingerprint density at radius 2 is 2.35 bits per heavy atom. The van der Waals surface area contributed by atoms with E-state index in [0.717, 1.165) is 37.2 Å². The highest BCUT2D eigenvalue weighted by atomic mass is 16.3. The van der Waals surface area contributed by atoms with Gasteiger partial charge in [-0.25, -0.2) is 0 Å². The van der Waals surface area contributed by atoms with Crippen molar-refractivity contribution in [1.82, 2.24) is 15.1 Å². The number of aromatic nitrogens is 2.